The fraction of sp³-hybridized carbons (Fsp3) is 1.00. The average Bonchev–Trinajstić information content (AvgIpc) is 1.80. The minimum atomic E-state index is -0.492. The quantitative estimate of drug-likeness (QED) is 0.404. The number of rotatable bonds is 0. The van der Waals surface area contributed by atoms with Crippen LogP contribution in [0.25, 0.3) is 0 Å². The predicted octanol–water partition coefficient (Wildman–Crippen LogP) is -0.781. The van der Waals surface area contributed by atoms with E-state index in [1.54, 1.807) is 0 Å². The van der Waals surface area contributed by atoms with Gasteiger partial charge in [-0.25, -0.2) is 0 Å². The zero-order chi connectivity index (χ0) is 6.85. The fourth-order valence-corrected chi connectivity index (χ4v) is 1.15. The van der Waals surface area contributed by atoms with Crippen LogP contribution in [-0.4, -0.2) is 28.5 Å². The highest BCUT2D eigenvalue weighted by molar-refractivity contribution is 4.81. The van der Waals surface area contributed by atoms with Crippen molar-refractivity contribution >= 4 is 0 Å². The van der Waals surface area contributed by atoms with Crippen molar-refractivity contribution in [3.8, 4) is 0 Å². The van der Waals surface area contributed by atoms with Crippen molar-refractivity contribution in [3.63, 3.8) is 0 Å². The average molecular weight is 131 g/mol. The van der Waals surface area contributed by atoms with Crippen LogP contribution in [0.2, 0.25) is 0 Å². The highest BCUT2D eigenvalue weighted by Crippen LogP contribution is 2.16. The van der Waals surface area contributed by atoms with E-state index in [1.807, 2.05) is 0 Å². The largest absolute Gasteiger partial charge is 0.393 e. The van der Waals surface area contributed by atoms with Crippen LogP contribution in [0.5, 0.6) is 0 Å². The highest BCUT2D eigenvalue weighted by Gasteiger charge is 2.24. The van der Waals surface area contributed by atoms with Crippen LogP contribution in [0.4, 0.5) is 0 Å². The summed E-state index contributed by atoms with van der Waals surface area (Å²) < 4.78 is 0. The third-order valence-corrected chi connectivity index (χ3v) is 1.84. The summed E-state index contributed by atoms with van der Waals surface area (Å²) in [5, 5.41) is 18.0. The van der Waals surface area contributed by atoms with E-state index in [0.717, 1.165) is 12.8 Å². The van der Waals surface area contributed by atoms with Crippen LogP contribution in [0.15, 0.2) is 0 Å². The smallest absolute Gasteiger partial charge is 0.0715 e. The third-order valence-electron chi connectivity index (χ3n) is 1.84. The van der Waals surface area contributed by atoms with Crippen molar-refractivity contribution in [1.82, 2.24) is 0 Å². The van der Waals surface area contributed by atoms with Gasteiger partial charge in [0, 0.05) is 12.5 Å². The number of aliphatic hydroxyl groups excluding tert-OH is 2. The highest BCUT2D eigenvalue weighted by atomic mass is 16.3. The molecular formula is C6H13NO2. The Bertz CT molecular complexity index is 97.1. The van der Waals surface area contributed by atoms with Gasteiger partial charge < -0.3 is 15.9 Å². The SMILES string of the molecule is NC1CC[C@@H](O)C[C@H]1O. The first-order valence-electron chi connectivity index (χ1n) is 3.32. The van der Waals surface area contributed by atoms with Crippen molar-refractivity contribution in [1.29, 1.82) is 0 Å². The summed E-state index contributed by atoms with van der Waals surface area (Å²) in [6, 6.07) is -0.117. The van der Waals surface area contributed by atoms with Crippen molar-refractivity contribution in [2.75, 3.05) is 0 Å². The predicted molar refractivity (Wildman–Crippen MR) is 33.8 cm³/mol. The summed E-state index contributed by atoms with van der Waals surface area (Å²) in [7, 11) is 0. The molecule has 3 nitrogen and oxygen atoms in total. The van der Waals surface area contributed by atoms with Crippen molar-refractivity contribution < 1.29 is 10.2 Å². The molecule has 1 unspecified atom stereocenters. The normalized spacial score (nSPS) is 45.0. The second-order valence-electron chi connectivity index (χ2n) is 2.70. The Kier molecular flexibility index (Phi) is 2.05. The molecule has 1 saturated carbocycles. The molecule has 1 aliphatic rings. The summed E-state index contributed by atoms with van der Waals surface area (Å²) in [5.41, 5.74) is 5.48. The Morgan fingerprint density at radius 2 is 1.89 bits per heavy atom. The molecule has 4 N–H and O–H groups in total. The Morgan fingerprint density at radius 3 is 2.33 bits per heavy atom. The molecule has 0 aromatic heterocycles. The topological polar surface area (TPSA) is 66.5 Å². The van der Waals surface area contributed by atoms with E-state index in [2.05, 4.69) is 0 Å². The summed E-state index contributed by atoms with van der Waals surface area (Å²) in [6.45, 7) is 0. The molecule has 0 aromatic carbocycles. The molecule has 1 fully saturated rings. The molecule has 1 aliphatic carbocycles. The van der Waals surface area contributed by atoms with Gasteiger partial charge in [0.1, 0.15) is 0 Å². The second-order valence-corrected chi connectivity index (χ2v) is 2.70. The minimum absolute atomic E-state index is 0.117. The van der Waals surface area contributed by atoms with Crippen LogP contribution in [-0.2, 0) is 0 Å². The number of aliphatic hydroxyl groups is 2. The maximum absolute atomic E-state index is 9.06. The summed E-state index contributed by atoms with van der Waals surface area (Å²) in [5.74, 6) is 0. The van der Waals surface area contributed by atoms with Gasteiger partial charge in [-0.1, -0.05) is 0 Å². The molecule has 54 valence electrons. The Morgan fingerprint density at radius 1 is 1.22 bits per heavy atom. The first-order valence-corrected chi connectivity index (χ1v) is 3.32. The third kappa shape index (κ3) is 1.64. The van der Waals surface area contributed by atoms with Crippen LogP contribution >= 0.6 is 0 Å². The lowest BCUT2D eigenvalue weighted by molar-refractivity contribution is 0.0273. The van der Waals surface area contributed by atoms with Crippen LogP contribution in [0, 0.1) is 0 Å². The van der Waals surface area contributed by atoms with Gasteiger partial charge in [0.2, 0.25) is 0 Å². The van der Waals surface area contributed by atoms with E-state index < -0.39 is 6.10 Å². The van der Waals surface area contributed by atoms with Crippen molar-refractivity contribution in [2.45, 2.75) is 37.5 Å². The second kappa shape index (κ2) is 2.64. The van der Waals surface area contributed by atoms with Gasteiger partial charge in [-0.3, -0.25) is 0 Å². The molecule has 0 aliphatic heterocycles. The Labute approximate surface area is 54.5 Å². The monoisotopic (exact) mass is 131 g/mol. The Balaban J connectivity index is 2.35. The molecule has 0 aromatic rings. The molecule has 0 saturated heterocycles. The van der Waals surface area contributed by atoms with Gasteiger partial charge in [0.25, 0.3) is 0 Å². The zero-order valence-electron chi connectivity index (χ0n) is 5.33. The molecule has 1 rings (SSSR count). The lowest BCUT2D eigenvalue weighted by Crippen LogP contribution is -2.41. The van der Waals surface area contributed by atoms with E-state index >= 15 is 0 Å². The maximum atomic E-state index is 9.06. The van der Waals surface area contributed by atoms with Gasteiger partial charge in [-0.05, 0) is 12.8 Å². The van der Waals surface area contributed by atoms with Crippen LogP contribution in [0.1, 0.15) is 19.3 Å². The van der Waals surface area contributed by atoms with Gasteiger partial charge >= 0.3 is 0 Å². The Hall–Kier alpha value is -0.120. The van der Waals surface area contributed by atoms with E-state index in [4.69, 9.17) is 15.9 Å². The minimum Gasteiger partial charge on any atom is -0.393 e. The molecule has 0 heterocycles. The lowest BCUT2D eigenvalue weighted by atomic mass is 9.91. The molecule has 3 atom stereocenters. The van der Waals surface area contributed by atoms with E-state index in [1.165, 1.54) is 0 Å². The lowest BCUT2D eigenvalue weighted by Gasteiger charge is -2.27. The zero-order valence-corrected chi connectivity index (χ0v) is 5.33. The summed E-state index contributed by atoms with van der Waals surface area (Å²) in [6.07, 6.45) is 1.09. The molecule has 0 radical (unpaired) electrons. The first-order chi connectivity index (χ1) is 4.20. The molecule has 9 heavy (non-hydrogen) atoms. The number of hydrogen-bond acceptors (Lipinski definition) is 3. The first kappa shape index (κ1) is 6.99. The van der Waals surface area contributed by atoms with Gasteiger partial charge in [0.05, 0.1) is 12.2 Å². The van der Waals surface area contributed by atoms with E-state index in [9.17, 15) is 0 Å². The number of nitrogens with two attached hydrogens (primary N) is 1. The van der Waals surface area contributed by atoms with Crippen LogP contribution < -0.4 is 5.73 Å². The summed E-state index contributed by atoms with van der Waals surface area (Å²) >= 11 is 0. The maximum Gasteiger partial charge on any atom is 0.0715 e. The standard InChI is InChI=1S/C6H13NO2/c7-5-2-1-4(8)3-6(5)9/h4-6,8-9H,1-3,7H2/t4-,5?,6-/m1/s1. The van der Waals surface area contributed by atoms with Crippen molar-refractivity contribution in [2.24, 2.45) is 5.73 Å². The molecule has 3 heteroatoms. The van der Waals surface area contributed by atoms with Gasteiger partial charge in [0.15, 0.2) is 0 Å². The summed E-state index contributed by atoms with van der Waals surface area (Å²) in [4.78, 5) is 0. The number of hydrogen-bond donors (Lipinski definition) is 3. The molecular weight excluding hydrogens is 118 g/mol. The molecule has 0 amide bonds. The van der Waals surface area contributed by atoms with E-state index in [-0.39, 0.29) is 12.1 Å². The van der Waals surface area contributed by atoms with Gasteiger partial charge in [-0.2, -0.15) is 0 Å². The fourth-order valence-electron chi connectivity index (χ4n) is 1.15. The molecule has 0 bridgehead atoms. The molecule has 0 spiro atoms. The van der Waals surface area contributed by atoms with Gasteiger partial charge in [-0.15, -0.1) is 0 Å². The van der Waals surface area contributed by atoms with E-state index in [0.29, 0.717) is 6.42 Å². The van der Waals surface area contributed by atoms with Crippen molar-refractivity contribution in [3.05, 3.63) is 0 Å². The van der Waals surface area contributed by atoms with Crippen LogP contribution in [0.3, 0.4) is 0 Å².